The molecule has 0 N–H and O–H groups in total. The average Bonchev–Trinajstić information content (AvgIpc) is 2.95. The second-order valence-corrected chi connectivity index (χ2v) is 8.13. The Morgan fingerprint density at radius 1 is 1.04 bits per heavy atom. The predicted octanol–water partition coefficient (Wildman–Crippen LogP) is 4.22. The number of hydrogen-bond donors (Lipinski definition) is 0. The highest BCUT2D eigenvalue weighted by Crippen LogP contribution is 2.27. The fourth-order valence-electron chi connectivity index (χ4n) is 4.60. The first-order valence-corrected chi connectivity index (χ1v) is 10.5. The number of carbonyl (C=O) groups excluding carboxylic acids is 1. The lowest BCUT2D eigenvalue weighted by atomic mass is 9.91. The molecule has 1 aromatic carbocycles. The van der Waals surface area contributed by atoms with Crippen molar-refractivity contribution in [1.29, 1.82) is 0 Å². The maximum absolute atomic E-state index is 12.7. The highest BCUT2D eigenvalue weighted by molar-refractivity contribution is 5.82. The summed E-state index contributed by atoms with van der Waals surface area (Å²) in [5.74, 6) is 1.53. The quantitative estimate of drug-likeness (QED) is 0.813. The van der Waals surface area contributed by atoms with Crippen LogP contribution in [0, 0.1) is 11.8 Å². The first-order chi connectivity index (χ1) is 13.3. The fourth-order valence-corrected chi connectivity index (χ4v) is 4.60. The molecule has 2 aliphatic rings. The van der Waals surface area contributed by atoms with Crippen LogP contribution in [0.4, 0.5) is 0 Å². The van der Waals surface area contributed by atoms with Crippen molar-refractivity contribution in [2.75, 3.05) is 26.3 Å². The van der Waals surface area contributed by atoms with Crippen LogP contribution in [-0.2, 0) is 16.0 Å². The van der Waals surface area contributed by atoms with Gasteiger partial charge in [-0.2, -0.15) is 0 Å². The van der Waals surface area contributed by atoms with Gasteiger partial charge in [0.2, 0.25) is 5.91 Å². The molecular formula is C23H30N2O2. The maximum atomic E-state index is 12.7. The number of nitrogens with zero attached hydrogens (tertiary/aromatic N) is 2. The van der Waals surface area contributed by atoms with Crippen LogP contribution in [0.25, 0.3) is 10.9 Å². The van der Waals surface area contributed by atoms with Gasteiger partial charge in [0, 0.05) is 44.3 Å². The molecular weight excluding hydrogens is 336 g/mol. The summed E-state index contributed by atoms with van der Waals surface area (Å²) >= 11 is 0. The van der Waals surface area contributed by atoms with Crippen LogP contribution < -0.4 is 0 Å². The van der Waals surface area contributed by atoms with Crippen molar-refractivity contribution >= 4 is 16.8 Å². The number of likely N-dealkylation sites (tertiary alicyclic amines) is 1. The van der Waals surface area contributed by atoms with Crippen molar-refractivity contribution in [3.63, 3.8) is 0 Å². The molecule has 1 aromatic heterocycles. The van der Waals surface area contributed by atoms with E-state index in [1.54, 1.807) is 0 Å². The van der Waals surface area contributed by atoms with Gasteiger partial charge in [0.1, 0.15) is 0 Å². The van der Waals surface area contributed by atoms with Crippen LogP contribution in [0.3, 0.4) is 0 Å². The van der Waals surface area contributed by atoms with E-state index in [4.69, 9.17) is 4.74 Å². The lowest BCUT2D eigenvalue weighted by Gasteiger charge is -2.26. The summed E-state index contributed by atoms with van der Waals surface area (Å²) in [7, 11) is 0. The highest BCUT2D eigenvalue weighted by atomic mass is 16.5. The van der Waals surface area contributed by atoms with Crippen LogP contribution in [0.2, 0.25) is 0 Å². The Morgan fingerprint density at radius 3 is 2.81 bits per heavy atom. The molecule has 0 bridgehead atoms. The van der Waals surface area contributed by atoms with Gasteiger partial charge in [0.25, 0.3) is 0 Å². The standard InChI is InChI=1S/C23H30N2O2/c26-23(17-19-9-14-27-15-10-19)25-12-3-4-18(8-13-25)16-20-5-1-7-22-21(20)6-2-11-24-22/h1-2,5-7,11,18-19H,3-4,8-10,12-17H2/t18-/m1/s1. The molecule has 144 valence electrons. The average molecular weight is 367 g/mol. The lowest BCUT2D eigenvalue weighted by Crippen LogP contribution is -2.34. The van der Waals surface area contributed by atoms with Crippen LogP contribution in [0.1, 0.15) is 44.1 Å². The van der Waals surface area contributed by atoms with Crippen LogP contribution in [0.15, 0.2) is 36.5 Å². The number of hydrogen-bond acceptors (Lipinski definition) is 3. The lowest BCUT2D eigenvalue weighted by molar-refractivity contribution is -0.132. The zero-order chi connectivity index (χ0) is 18.5. The third-order valence-corrected chi connectivity index (χ3v) is 6.25. The van der Waals surface area contributed by atoms with Gasteiger partial charge in [-0.05, 0) is 68.1 Å². The van der Waals surface area contributed by atoms with Crippen LogP contribution in [-0.4, -0.2) is 42.1 Å². The van der Waals surface area contributed by atoms with Gasteiger partial charge in [0.05, 0.1) is 5.52 Å². The van der Waals surface area contributed by atoms with E-state index in [1.807, 2.05) is 12.3 Å². The molecule has 3 heterocycles. The number of benzene rings is 1. The van der Waals surface area contributed by atoms with Gasteiger partial charge in [-0.15, -0.1) is 0 Å². The molecule has 0 saturated carbocycles. The van der Waals surface area contributed by atoms with Crippen molar-refractivity contribution in [1.82, 2.24) is 9.88 Å². The van der Waals surface area contributed by atoms with E-state index in [0.29, 0.717) is 24.2 Å². The second kappa shape index (κ2) is 8.83. The molecule has 2 aliphatic heterocycles. The number of pyridine rings is 1. The van der Waals surface area contributed by atoms with Crippen molar-refractivity contribution in [2.45, 2.75) is 44.9 Å². The van der Waals surface area contributed by atoms with Gasteiger partial charge in [-0.1, -0.05) is 18.2 Å². The third-order valence-electron chi connectivity index (χ3n) is 6.25. The van der Waals surface area contributed by atoms with Gasteiger partial charge in [-0.25, -0.2) is 0 Å². The van der Waals surface area contributed by atoms with E-state index in [0.717, 1.165) is 63.9 Å². The van der Waals surface area contributed by atoms with Crippen molar-refractivity contribution in [3.8, 4) is 0 Å². The Balaban J connectivity index is 1.34. The van der Waals surface area contributed by atoms with Crippen molar-refractivity contribution in [2.24, 2.45) is 11.8 Å². The van der Waals surface area contributed by atoms with Crippen LogP contribution >= 0.6 is 0 Å². The van der Waals surface area contributed by atoms with Crippen LogP contribution in [0.5, 0.6) is 0 Å². The summed E-state index contributed by atoms with van der Waals surface area (Å²) < 4.78 is 5.42. The molecule has 27 heavy (non-hydrogen) atoms. The van der Waals surface area contributed by atoms with E-state index in [1.165, 1.54) is 17.4 Å². The summed E-state index contributed by atoms with van der Waals surface area (Å²) in [4.78, 5) is 19.3. The molecule has 0 unspecified atom stereocenters. The monoisotopic (exact) mass is 366 g/mol. The van der Waals surface area contributed by atoms with E-state index in [-0.39, 0.29) is 0 Å². The summed E-state index contributed by atoms with van der Waals surface area (Å²) in [5.41, 5.74) is 2.48. The predicted molar refractivity (Wildman–Crippen MR) is 108 cm³/mol. The number of aromatic nitrogens is 1. The molecule has 2 fully saturated rings. The fraction of sp³-hybridized carbons (Fsp3) is 0.565. The normalized spacial score (nSPS) is 21.9. The zero-order valence-electron chi connectivity index (χ0n) is 16.1. The highest BCUT2D eigenvalue weighted by Gasteiger charge is 2.24. The third kappa shape index (κ3) is 4.67. The Kier molecular flexibility index (Phi) is 6.03. The number of fused-ring (bicyclic) bond motifs is 1. The second-order valence-electron chi connectivity index (χ2n) is 8.13. The van der Waals surface area contributed by atoms with Crippen molar-refractivity contribution < 1.29 is 9.53 Å². The molecule has 0 spiro atoms. The number of ether oxygens (including phenoxy) is 1. The molecule has 4 nitrogen and oxygen atoms in total. The Labute approximate surface area is 161 Å². The van der Waals surface area contributed by atoms with Gasteiger partial charge < -0.3 is 9.64 Å². The Hall–Kier alpha value is -1.94. The largest absolute Gasteiger partial charge is 0.381 e. The topological polar surface area (TPSA) is 42.4 Å². The van der Waals surface area contributed by atoms with Crippen molar-refractivity contribution in [3.05, 3.63) is 42.1 Å². The molecule has 2 saturated heterocycles. The summed E-state index contributed by atoms with van der Waals surface area (Å²) in [6.07, 6.45) is 9.17. The van der Waals surface area contributed by atoms with Gasteiger partial charge in [0.15, 0.2) is 0 Å². The molecule has 0 aliphatic carbocycles. The zero-order valence-corrected chi connectivity index (χ0v) is 16.1. The number of amides is 1. The minimum absolute atomic E-state index is 0.358. The Bertz CT molecular complexity index is 765. The van der Waals surface area contributed by atoms with E-state index in [2.05, 4.69) is 34.1 Å². The van der Waals surface area contributed by atoms with Gasteiger partial charge in [-0.3, -0.25) is 9.78 Å². The molecule has 1 atom stereocenters. The molecule has 0 radical (unpaired) electrons. The first-order valence-electron chi connectivity index (χ1n) is 10.5. The molecule has 2 aromatic rings. The molecule has 4 heteroatoms. The molecule has 1 amide bonds. The number of rotatable bonds is 4. The Morgan fingerprint density at radius 2 is 1.93 bits per heavy atom. The maximum Gasteiger partial charge on any atom is 0.222 e. The molecule has 4 rings (SSSR count). The van der Waals surface area contributed by atoms with E-state index < -0.39 is 0 Å². The first kappa shape index (κ1) is 18.4. The smallest absolute Gasteiger partial charge is 0.222 e. The number of carbonyl (C=O) groups is 1. The summed E-state index contributed by atoms with van der Waals surface area (Å²) in [6, 6.07) is 10.6. The summed E-state index contributed by atoms with van der Waals surface area (Å²) in [6.45, 7) is 3.48. The minimum Gasteiger partial charge on any atom is -0.381 e. The minimum atomic E-state index is 0.358. The van der Waals surface area contributed by atoms with E-state index in [9.17, 15) is 4.79 Å². The summed E-state index contributed by atoms with van der Waals surface area (Å²) in [5, 5.41) is 1.27. The van der Waals surface area contributed by atoms with Gasteiger partial charge >= 0.3 is 0 Å². The SMILES string of the molecule is O=C(CC1CCOCC1)N1CCC[C@@H](Cc2cccc3ncccc23)CC1. The van der Waals surface area contributed by atoms with E-state index >= 15 is 0 Å².